The summed E-state index contributed by atoms with van der Waals surface area (Å²) in [4.78, 5) is 0. The second kappa shape index (κ2) is 5.01. The lowest BCUT2D eigenvalue weighted by Gasteiger charge is -2.17. The number of rotatable bonds is 4. The van der Waals surface area contributed by atoms with Gasteiger partial charge in [0.2, 0.25) is 0 Å². The molecule has 0 fully saturated rings. The number of nitrogens with zero attached hydrogens (tertiary/aromatic N) is 2. The average molecular weight is 231 g/mol. The van der Waals surface area contributed by atoms with Gasteiger partial charge in [-0.25, -0.2) is 0 Å². The van der Waals surface area contributed by atoms with Crippen LogP contribution < -0.4 is 10.5 Å². The zero-order valence-electron chi connectivity index (χ0n) is 10.1. The third-order valence-corrected chi connectivity index (χ3v) is 2.87. The summed E-state index contributed by atoms with van der Waals surface area (Å²) in [6.07, 6.45) is 3.69. The molecule has 0 radical (unpaired) electrons. The molecule has 1 aromatic heterocycles. The van der Waals surface area contributed by atoms with E-state index >= 15 is 0 Å². The highest BCUT2D eigenvalue weighted by molar-refractivity contribution is 5.37. The van der Waals surface area contributed by atoms with Crippen LogP contribution in [0.15, 0.2) is 36.7 Å². The van der Waals surface area contributed by atoms with E-state index in [-0.39, 0.29) is 6.04 Å². The summed E-state index contributed by atoms with van der Waals surface area (Å²) in [5.74, 6) is 0.894. The lowest BCUT2D eigenvalue weighted by atomic mass is 10.0. The van der Waals surface area contributed by atoms with Gasteiger partial charge in [-0.3, -0.25) is 4.68 Å². The van der Waals surface area contributed by atoms with Gasteiger partial charge in [0.05, 0.1) is 13.2 Å². The van der Waals surface area contributed by atoms with E-state index in [2.05, 4.69) is 11.2 Å². The first kappa shape index (κ1) is 11.7. The fraction of sp³-hybridized carbons (Fsp3) is 0.308. The number of ether oxygens (including phenoxy) is 1. The molecule has 17 heavy (non-hydrogen) atoms. The molecule has 0 spiro atoms. The Hall–Kier alpha value is -1.81. The topological polar surface area (TPSA) is 53.1 Å². The quantitative estimate of drug-likeness (QED) is 0.872. The van der Waals surface area contributed by atoms with Crippen molar-refractivity contribution in [3.8, 4) is 5.75 Å². The molecule has 2 aromatic rings. The number of aryl methyl sites for hydroxylation is 1. The van der Waals surface area contributed by atoms with Crippen molar-refractivity contribution in [1.82, 2.24) is 9.78 Å². The van der Waals surface area contributed by atoms with Crippen molar-refractivity contribution in [2.24, 2.45) is 5.73 Å². The number of hydrogen-bond acceptors (Lipinski definition) is 3. The Morgan fingerprint density at radius 2 is 2.29 bits per heavy atom. The Morgan fingerprint density at radius 3 is 2.82 bits per heavy atom. The molecule has 1 atom stereocenters. The van der Waals surface area contributed by atoms with Gasteiger partial charge in [0.25, 0.3) is 0 Å². The van der Waals surface area contributed by atoms with Crippen LogP contribution in [0.3, 0.4) is 0 Å². The monoisotopic (exact) mass is 231 g/mol. The summed E-state index contributed by atoms with van der Waals surface area (Å²) < 4.78 is 7.13. The number of hydrogen-bond donors (Lipinski definition) is 1. The number of aromatic nitrogens is 2. The van der Waals surface area contributed by atoms with Gasteiger partial charge in [-0.1, -0.05) is 12.1 Å². The van der Waals surface area contributed by atoms with Gasteiger partial charge in [0.15, 0.2) is 0 Å². The van der Waals surface area contributed by atoms with Crippen LogP contribution in [0.4, 0.5) is 0 Å². The summed E-state index contributed by atoms with van der Waals surface area (Å²) in [7, 11) is 1.68. The smallest absolute Gasteiger partial charge is 0.121 e. The molecule has 4 nitrogen and oxygen atoms in total. The maximum atomic E-state index is 5.82. The standard InChI is InChI=1S/C13H17N3O/c1-10-8-11(4-5-13(10)17-2)12(9-14)16-7-3-6-15-16/h3-8,12H,9,14H2,1-2H3. The molecule has 1 heterocycles. The van der Waals surface area contributed by atoms with E-state index in [0.29, 0.717) is 6.54 Å². The van der Waals surface area contributed by atoms with Crippen LogP contribution in [0.5, 0.6) is 5.75 Å². The molecular weight excluding hydrogens is 214 g/mol. The number of nitrogens with two attached hydrogens (primary N) is 1. The van der Waals surface area contributed by atoms with E-state index in [4.69, 9.17) is 10.5 Å². The van der Waals surface area contributed by atoms with Crippen LogP contribution in [-0.2, 0) is 0 Å². The molecule has 2 N–H and O–H groups in total. The fourth-order valence-corrected chi connectivity index (χ4v) is 1.97. The minimum absolute atomic E-state index is 0.0783. The summed E-state index contributed by atoms with van der Waals surface area (Å²) >= 11 is 0. The molecular formula is C13H17N3O. The first-order chi connectivity index (χ1) is 8.26. The molecule has 2 rings (SSSR count). The van der Waals surface area contributed by atoms with Crippen LogP contribution in [-0.4, -0.2) is 23.4 Å². The van der Waals surface area contributed by atoms with Crippen molar-refractivity contribution in [2.45, 2.75) is 13.0 Å². The third-order valence-electron chi connectivity index (χ3n) is 2.87. The van der Waals surface area contributed by atoms with Gasteiger partial charge in [0.1, 0.15) is 5.75 Å². The lowest BCUT2D eigenvalue weighted by Crippen LogP contribution is -2.20. The van der Waals surface area contributed by atoms with E-state index in [1.54, 1.807) is 13.3 Å². The predicted octanol–water partition coefficient (Wildman–Crippen LogP) is 1.75. The van der Waals surface area contributed by atoms with Crippen LogP contribution in [0.2, 0.25) is 0 Å². The van der Waals surface area contributed by atoms with Crippen LogP contribution in [0.25, 0.3) is 0 Å². The first-order valence-electron chi connectivity index (χ1n) is 5.60. The van der Waals surface area contributed by atoms with Crippen molar-refractivity contribution in [2.75, 3.05) is 13.7 Å². The van der Waals surface area contributed by atoms with E-state index < -0.39 is 0 Å². The Morgan fingerprint density at radius 1 is 1.47 bits per heavy atom. The minimum atomic E-state index is 0.0783. The number of methoxy groups -OCH3 is 1. The first-order valence-corrected chi connectivity index (χ1v) is 5.60. The van der Waals surface area contributed by atoms with Crippen LogP contribution >= 0.6 is 0 Å². The molecule has 0 saturated heterocycles. The van der Waals surface area contributed by atoms with Crippen molar-refractivity contribution < 1.29 is 4.74 Å². The Labute approximate surface area is 101 Å². The van der Waals surface area contributed by atoms with Crippen LogP contribution in [0.1, 0.15) is 17.2 Å². The van der Waals surface area contributed by atoms with Crippen molar-refractivity contribution in [3.05, 3.63) is 47.8 Å². The molecule has 0 saturated carbocycles. The summed E-state index contributed by atoms with van der Waals surface area (Å²) in [5, 5.41) is 4.24. The second-order valence-corrected chi connectivity index (χ2v) is 3.97. The molecule has 0 aliphatic carbocycles. The highest BCUT2D eigenvalue weighted by Crippen LogP contribution is 2.23. The predicted molar refractivity (Wildman–Crippen MR) is 67.2 cm³/mol. The van der Waals surface area contributed by atoms with E-state index in [1.807, 2.05) is 36.0 Å². The van der Waals surface area contributed by atoms with Gasteiger partial charge in [-0.05, 0) is 30.2 Å². The fourth-order valence-electron chi connectivity index (χ4n) is 1.97. The summed E-state index contributed by atoms with van der Waals surface area (Å²) in [6.45, 7) is 2.55. The van der Waals surface area contributed by atoms with Gasteiger partial charge < -0.3 is 10.5 Å². The lowest BCUT2D eigenvalue weighted by molar-refractivity contribution is 0.411. The molecule has 1 unspecified atom stereocenters. The Kier molecular flexibility index (Phi) is 3.44. The second-order valence-electron chi connectivity index (χ2n) is 3.97. The largest absolute Gasteiger partial charge is 0.496 e. The third kappa shape index (κ3) is 2.31. The molecule has 0 amide bonds. The zero-order chi connectivity index (χ0) is 12.3. The van der Waals surface area contributed by atoms with Crippen molar-refractivity contribution in [1.29, 1.82) is 0 Å². The van der Waals surface area contributed by atoms with E-state index in [0.717, 1.165) is 16.9 Å². The highest BCUT2D eigenvalue weighted by atomic mass is 16.5. The molecule has 0 aliphatic heterocycles. The van der Waals surface area contributed by atoms with Gasteiger partial charge in [-0.2, -0.15) is 5.10 Å². The maximum Gasteiger partial charge on any atom is 0.121 e. The summed E-state index contributed by atoms with van der Waals surface area (Å²) in [6, 6.07) is 8.08. The van der Waals surface area contributed by atoms with Crippen LogP contribution in [0, 0.1) is 6.92 Å². The summed E-state index contributed by atoms with van der Waals surface area (Å²) in [5.41, 5.74) is 8.08. The number of benzene rings is 1. The molecule has 0 bridgehead atoms. The Balaban J connectivity index is 2.35. The molecule has 90 valence electrons. The molecule has 0 aliphatic rings. The zero-order valence-corrected chi connectivity index (χ0v) is 10.1. The maximum absolute atomic E-state index is 5.82. The molecule has 1 aromatic carbocycles. The highest BCUT2D eigenvalue weighted by Gasteiger charge is 2.13. The Bertz CT molecular complexity index is 479. The normalized spacial score (nSPS) is 12.4. The van der Waals surface area contributed by atoms with Gasteiger partial charge in [0, 0.05) is 18.9 Å². The average Bonchev–Trinajstić information content (AvgIpc) is 2.84. The SMILES string of the molecule is COc1ccc(C(CN)n2cccn2)cc1C. The van der Waals surface area contributed by atoms with Crippen molar-refractivity contribution in [3.63, 3.8) is 0 Å². The van der Waals surface area contributed by atoms with Gasteiger partial charge >= 0.3 is 0 Å². The molecule has 4 heteroatoms. The van der Waals surface area contributed by atoms with E-state index in [1.165, 1.54) is 0 Å². The minimum Gasteiger partial charge on any atom is -0.496 e. The van der Waals surface area contributed by atoms with E-state index in [9.17, 15) is 0 Å². The van der Waals surface area contributed by atoms with Crippen molar-refractivity contribution >= 4 is 0 Å². The van der Waals surface area contributed by atoms with Gasteiger partial charge in [-0.15, -0.1) is 0 Å².